The maximum Gasteiger partial charge on any atom is 0.227 e. The molecule has 1 atom stereocenters. The lowest BCUT2D eigenvalue weighted by atomic mass is 10.1. The van der Waals surface area contributed by atoms with Crippen LogP contribution in [0.15, 0.2) is 48.5 Å². The topological polar surface area (TPSA) is 99.2 Å². The molecule has 2 amide bonds. The van der Waals surface area contributed by atoms with E-state index >= 15 is 0 Å². The van der Waals surface area contributed by atoms with Crippen LogP contribution in [0.1, 0.15) is 28.8 Å². The molecule has 1 fully saturated rings. The van der Waals surface area contributed by atoms with Crippen LogP contribution in [-0.2, 0) is 9.59 Å². The molecule has 1 aliphatic heterocycles. The zero-order valence-electron chi connectivity index (χ0n) is 20.7. The van der Waals surface area contributed by atoms with Crippen molar-refractivity contribution in [3.63, 3.8) is 0 Å². The van der Waals surface area contributed by atoms with Crippen molar-refractivity contribution in [2.24, 2.45) is 5.92 Å². The Morgan fingerprint density at radius 1 is 0.971 bits per heavy atom. The fraction of sp³-hybridized carbons (Fsp3) is 0.333. The Morgan fingerprint density at radius 2 is 1.74 bits per heavy atom. The van der Waals surface area contributed by atoms with Gasteiger partial charge in [-0.3, -0.25) is 9.59 Å². The van der Waals surface area contributed by atoms with Crippen molar-refractivity contribution in [2.75, 3.05) is 35.2 Å². The lowest BCUT2D eigenvalue weighted by Crippen LogP contribution is -2.35. The number of aromatic nitrogens is 2. The summed E-state index contributed by atoms with van der Waals surface area (Å²) in [6, 6.07) is 15.9. The van der Waals surface area contributed by atoms with Crippen molar-refractivity contribution in [3.05, 3.63) is 70.9 Å². The van der Waals surface area contributed by atoms with Gasteiger partial charge in [-0.25, -0.2) is 4.98 Å². The number of anilines is 4. The summed E-state index contributed by atoms with van der Waals surface area (Å²) < 4.78 is 0. The first-order chi connectivity index (χ1) is 16.8. The molecule has 1 saturated heterocycles. The summed E-state index contributed by atoms with van der Waals surface area (Å²) in [6.07, 6.45) is 0.223. The maximum atomic E-state index is 12.7. The highest BCUT2D eigenvalue weighted by Crippen LogP contribution is 2.27. The maximum absolute atomic E-state index is 12.7. The first kappa shape index (κ1) is 24.2. The molecule has 35 heavy (non-hydrogen) atoms. The molecule has 3 aromatic rings. The van der Waals surface area contributed by atoms with Gasteiger partial charge in [-0.2, -0.15) is 4.98 Å². The lowest BCUT2D eigenvalue weighted by molar-refractivity contribution is -0.126. The Bertz CT molecular complexity index is 1220. The number of rotatable bonds is 8. The molecule has 2 heterocycles. The van der Waals surface area contributed by atoms with Gasteiger partial charge in [0.25, 0.3) is 0 Å². The quantitative estimate of drug-likeness (QED) is 0.428. The number of nitrogens with one attached hydrogen (secondary N) is 3. The van der Waals surface area contributed by atoms with E-state index in [-0.39, 0.29) is 24.2 Å². The molecule has 0 radical (unpaired) electrons. The Balaban J connectivity index is 1.27. The van der Waals surface area contributed by atoms with E-state index in [9.17, 15) is 9.59 Å². The SMILES string of the molecule is Cc1ccc(Nc2cc(C)nc(NCCNC(=O)C3CC(=O)N(c4ccc(C)c(C)c4)C3)n2)cc1. The van der Waals surface area contributed by atoms with Crippen molar-refractivity contribution in [1.29, 1.82) is 0 Å². The Hall–Kier alpha value is -3.94. The van der Waals surface area contributed by atoms with E-state index in [0.717, 1.165) is 22.6 Å². The normalized spacial score (nSPS) is 15.3. The molecule has 2 aromatic carbocycles. The van der Waals surface area contributed by atoms with Crippen LogP contribution in [0.3, 0.4) is 0 Å². The van der Waals surface area contributed by atoms with E-state index in [2.05, 4.69) is 25.9 Å². The predicted molar refractivity (Wildman–Crippen MR) is 139 cm³/mol. The molecule has 0 saturated carbocycles. The highest BCUT2D eigenvalue weighted by Gasteiger charge is 2.35. The van der Waals surface area contributed by atoms with Crippen LogP contribution in [0.2, 0.25) is 0 Å². The lowest BCUT2D eigenvalue weighted by Gasteiger charge is -2.18. The predicted octanol–water partition coefficient (Wildman–Crippen LogP) is 4.04. The zero-order chi connectivity index (χ0) is 24.9. The highest BCUT2D eigenvalue weighted by atomic mass is 16.2. The van der Waals surface area contributed by atoms with Gasteiger partial charge in [0.05, 0.1) is 5.92 Å². The summed E-state index contributed by atoms with van der Waals surface area (Å²) in [4.78, 5) is 35.8. The number of carbonyl (C=O) groups excluding carboxylic acids is 2. The van der Waals surface area contributed by atoms with Crippen molar-refractivity contribution >= 4 is 35.0 Å². The van der Waals surface area contributed by atoms with Crippen molar-refractivity contribution in [3.8, 4) is 0 Å². The summed E-state index contributed by atoms with van der Waals surface area (Å²) in [5, 5.41) is 9.39. The summed E-state index contributed by atoms with van der Waals surface area (Å²) in [5.74, 6) is 0.700. The first-order valence-electron chi connectivity index (χ1n) is 11.9. The summed E-state index contributed by atoms with van der Waals surface area (Å²) >= 11 is 0. The van der Waals surface area contributed by atoms with Gasteiger partial charge in [-0.05, 0) is 63.1 Å². The minimum atomic E-state index is -0.357. The van der Waals surface area contributed by atoms with E-state index in [4.69, 9.17) is 0 Å². The average molecular weight is 473 g/mol. The van der Waals surface area contributed by atoms with E-state index in [0.29, 0.717) is 31.4 Å². The van der Waals surface area contributed by atoms with Gasteiger partial charge >= 0.3 is 0 Å². The second-order valence-electron chi connectivity index (χ2n) is 9.10. The van der Waals surface area contributed by atoms with Gasteiger partial charge in [0.2, 0.25) is 17.8 Å². The molecular formula is C27H32N6O2. The van der Waals surface area contributed by atoms with Crippen molar-refractivity contribution < 1.29 is 9.59 Å². The Morgan fingerprint density at radius 3 is 2.49 bits per heavy atom. The van der Waals surface area contributed by atoms with Crippen LogP contribution in [0, 0.1) is 33.6 Å². The minimum absolute atomic E-state index is 0.0201. The van der Waals surface area contributed by atoms with Crippen molar-refractivity contribution in [1.82, 2.24) is 15.3 Å². The molecule has 1 aliphatic rings. The van der Waals surface area contributed by atoms with Crippen molar-refractivity contribution in [2.45, 2.75) is 34.1 Å². The minimum Gasteiger partial charge on any atom is -0.354 e. The molecule has 4 rings (SSSR count). The molecular weight excluding hydrogens is 440 g/mol. The monoisotopic (exact) mass is 472 g/mol. The molecule has 8 heteroatoms. The van der Waals surface area contributed by atoms with Crippen LogP contribution >= 0.6 is 0 Å². The van der Waals surface area contributed by atoms with Crippen LogP contribution in [0.5, 0.6) is 0 Å². The van der Waals surface area contributed by atoms with E-state index in [1.165, 1.54) is 11.1 Å². The standard InChI is InChI=1S/C27H32N6O2/c1-17-5-8-22(9-6-17)31-24-14-20(4)30-27(32-24)29-12-11-28-26(35)21-15-25(34)33(16-21)23-10-7-18(2)19(3)13-23/h5-10,13-14,21H,11-12,15-16H2,1-4H3,(H,28,35)(H2,29,30,31,32). The van der Waals surface area contributed by atoms with Gasteiger partial charge in [-0.15, -0.1) is 0 Å². The number of hydrogen-bond acceptors (Lipinski definition) is 6. The molecule has 0 bridgehead atoms. The van der Waals surface area contributed by atoms with E-state index in [1.54, 1.807) is 4.90 Å². The zero-order valence-corrected chi connectivity index (χ0v) is 20.7. The molecule has 8 nitrogen and oxygen atoms in total. The molecule has 182 valence electrons. The summed E-state index contributed by atoms with van der Waals surface area (Å²) in [5.41, 5.74) is 6.13. The van der Waals surface area contributed by atoms with Crippen LogP contribution in [0.25, 0.3) is 0 Å². The fourth-order valence-electron chi connectivity index (χ4n) is 4.03. The molecule has 0 spiro atoms. The van der Waals surface area contributed by atoms with E-state index in [1.807, 2.05) is 76.2 Å². The first-order valence-corrected chi connectivity index (χ1v) is 11.9. The van der Waals surface area contributed by atoms with Gasteiger partial charge in [0, 0.05) is 49.2 Å². The van der Waals surface area contributed by atoms with Gasteiger partial charge in [0.1, 0.15) is 5.82 Å². The number of carbonyl (C=O) groups is 2. The number of aryl methyl sites for hydroxylation is 4. The number of hydrogen-bond donors (Lipinski definition) is 3. The third kappa shape index (κ3) is 6.15. The van der Waals surface area contributed by atoms with Gasteiger partial charge in [-0.1, -0.05) is 23.8 Å². The number of nitrogens with zero attached hydrogens (tertiary/aromatic N) is 3. The average Bonchev–Trinajstić information content (AvgIpc) is 3.21. The van der Waals surface area contributed by atoms with Crippen LogP contribution < -0.4 is 20.9 Å². The molecule has 3 N–H and O–H groups in total. The largest absolute Gasteiger partial charge is 0.354 e. The number of amides is 2. The third-order valence-corrected chi connectivity index (χ3v) is 6.18. The molecule has 0 aliphatic carbocycles. The summed E-state index contributed by atoms with van der Waals surface area (Å²) in [6.45, 7) is 9.30. The van der Waals surface area contributed by atoms with Gasteiger partial charge in [0.15, 0.2) is 0 Å². The molecule has 1 unspecified atom stereocenters. The second-order valence-corrected chi connectivity index (χ2v) is 9.10. The Kier molecular flexibility index (Phi) is 7.29. The fourth-order valence-corrected chi connectivity index (χ4v) is 4.03. The van der Waals surface area contributed by atoms with Gasteiger partial charge < -0.3 is 20.9 Å². The van der Waals surface area contributed by atoms with E-state index < -0.39 is 0 Å². The van der Waals surface area contributed by atoms with Crippen LogP contribution in [0.4, 0.5) is 23.1 Å². The summed E-state index contributed by atoms with van der Waals surface area (Å²) in [7, 11) is 0. The molecule has 1 aromatic heterocycles. The second kappa shape index (κ2) is 10.5. The number of benzene rings is 2. The third-order valence-electron chi connectivity index (χ3n) is 6.18. The Labute approximate surface area is 206 Å². The van der Waals surface area contributed by atoms with Crippen LogP contribution in [-0.4, -0.2) is 41.4 Å². The highest BCUT2D eigenvalue weighted by molar-refractivity contribution is 6.00. The smallest absolute Gasteiger partial charge is 0.227 e.